The monoisotopic (exact) mass is 360 g/mol. The van der Waals surface area contributed by atoms with Crippen LogP contribution in [0.3, 0.4) is 0 Å². The van der Waals surface area contributed by atoms with E-state index in [-0.39, 0.29) is 24.8 Å². The van der Waals surface area contributed by atoms with Crippen LogP contribution in [0.1, 0.15) is 25.3 Å². The van der Waals surface area contributed by atoms with Crippen LogP contribution in [0.4, 0.5) is 0 Å². The second-order valence-electron chi connectivity index (χ2n) is 6.31. The van der Waals surface area contributed by atoms with Crippen molar-refractivity contribution in [3.63, 3.8) is 0 Å². The number of nitrogens with one attached hydrogen (secondary N) is 2. The Morgan fingerprint density at radius 1 is 1.23 bits per heavy atom. The Hall–Kier alpha value is -2.90. The van der Waals surface area contributed by atoms with Gasteiger partial charge in [-0.05, 0) is 18.4 Å². The third-order valence-corrected chi connectivity index (χ3v) is 4.28. The summed E-state index contributed by atoms with van der Waals surface area (Å²) < 4.78 is 0. The summed E-state index contributed by atoms with van der Waals surface area (Å²) in [5, 5.41) is 5.06. The normalized spacial score (nSPS) is 17.4. The molecule has 0 bridgehead atoms. The zero-order valence-electron chi connectivity index (χ0n) is 14.7. The van der Waals surface area contributed by atoms with Crippen molar-refractivity contribution in [2.75, 3.05) is 13.1 Å². The largest absolute Gasteiger partial charge is 0.368 e. The lowest BCUT2D eigenvalue weighted by atomic mass is 10.0. The predicted octanol–water partition coefficient (Wildman–Crippen LogP) is -0.674. The number of likely N-dealkylation sites (tertiary alicyclic amines) is 1. The molecule has 4 N–H and O–H groups in total. The predicted molar refractivity (Wildman–Crippen MR) is 94.7 cm³/mol. The number of carbonyl (C=O) groups is 4. The fourth-order valence-corrected chi connectivity index (χ4v) is 3.03. The van der Waals surface area contributed by atoms with Crippen LogP contribution in [-0.4, -0.2) is 53.7 Å². The van der Waals surface area contributed by atoms with E-state index in [0.717, 1.165) is 5.56 Å². The quantitative estimate of drug-likeness (QED) is 0.597. The van der Waals surface area contributed by atoms with Gasteiger partial charge in [0.2, 0.25) is 23.6 Å². The van der Waals surface area contributed by atoms with Gasteiger partial charge in [0.25, 0.3) is 0 Å². The number of hydrogen-bond donors (Lipinski definition) is 3. The first kappa shape index (κ1) is 19.4. The van der Waals surface area contributed by atoms with Crippen molar-refractivity contribution in [2.45, 2.75) is 38.3 Å². The number of benzene rings is 1. The Labute approximate surface area is 152 Å². The van der Waals surface area contributed by atoms with Crippen LogP contribution in [0, 0.1) is 0 Å². The van der Waals surface area contributed by atoms with Crippen molar-refractivity contribution in [1.29, 1.82) is 0 Å². The van der Waals surface area contributed by atoms with Gasteiger partial charge in [-0.25, -0.2) is 0 Å². The summed E-state index contributed by atoms with van der Waals surface area (Å²) in [6.07, 6.45) is 1.50. The van der Waals surface area contributed by atoms with Crippen LogP contribution in [0.5, 0.6) is 0 Å². The highest BCUT2D eigenvalue weighted by Crippen LogP contribution is 2.19. The van der Waals surface area contributed by atoms with E-state index in [2.05, 4.69) is 10.6 Å². The van der Waals surface area contributed by atoms with Crippen molar-refractivity contribution < 1.29 is 19.2 Å². The molecule has 1 fully saturated rings. The first-order valence-corrected chi connectivity index (χ1v) is 8.56. The molecule has 0 unspecified atom stereocenters. The molecule has 26 heavy (non-hydrogen) atoms. The highest BCUT2D eigenvalue weighted by molar-refractivity contribution is 5.93. The molecule has 1 aliphatic heterocycles. The van der Waals surface area contributed by atoms with Crippen LogP contribution in [-0.2, 0) is 25.6 Å². The van der Waals surface area contributed by atoms with Gasteiger partial charge in [-0.2, -0.15) is 0 Å². The zero-order valence-corrected chi connectivity index (χ0v) is 14.7. The van der Waals surface area contributed by atoms with E-state index in [0.29, 0.717) is 19.4 Å². The number of carbonyl (C=O) groups excluding carboxylic acids is 4. The van der Waals surface area contributed by atoms with Crippen molar-refractivity contribution in [2.24, 2.45) is 5.73 Å². The fourth-order valence-electron chi connectivity index (χ4n) is 3.03. The maximum Gasteiger partial charge on any atom is 0.246 e. The number of nitrogens with zero attached hydrogens (tertiary/aromatic N) is 1. The lowest BCUT2D eigenvalue weighted by molar-refractivity contribution is -0.140. The Bertz CT molecular complexity index is 677. The number of hydrogen-bond acceptors (Lipinski definition) is 4. The van der Waals surface area contributed by atoms with Crippen LogP contribution in [0.2, 0.25) is 0 Å². The molecule has 0 saturated carbocycles. The molecule has 2 atom stereocenters. The van der Waals surface area contributed by atoms with E-state index in [9.17, 15) is 19.2 Å². The van der Waals surface area contributed by atoms with Crippen molar-refractivity contribution >= 4 is 23.6 Å². The molecule has 0 aromatic heterocycles. The van der Waals surface area contributed by atoms with Crippen LogP contribution >= 0.6 is 0 Å². The molecule has 2 rings (SSSR count). The molecule has 1 aromatic rings. The van der Waals surface area contributed by atoms with Gasteiger partial charge >= 0.3 is 0 Å². The van der Waals surface area contributed by atoms with Gasteiger partial charge in [-0.3, -0.25) is 19.2 Å². The second-order valence-corrected chi connectivity index (χ2v) is 6.31. The summed E-state index contributed by atoms with van der Waals surface area (Å²) >= 11 is 0. The Balaban J connectivity index is 2.13. The van der Waals surface area contributed by atoms with Gasteiger partial charge in [-0.1, -0.05) is 30.3 Å². The molecule has 4 amide bonds. The standard InChI is InChI=1S/C18H24N4O4/c1-12(23)20-11-16(24)21-14(10-13-6-3-2-4-7-13)18(26)22-9-5-8-15(22)17(19)25/h2-4,6-7,14-15H,5,8-11H2,1H3,(H2,19,25)(H,20,23)(H,21,24)/t14-,15-/m0/s1. The lowest BCUT2D eigenvalue weighted by Crippen LogP contribution is -2.54. The summed E-state index contributed by atoms with van der Waals surface area (Å²) in [7, 11) is 0. The molecule has 8 heteroatoms. The smallest absolute Gasteiger partial charge is 0.246 e. The maximum atomic E-state index is 13.0. The SMILES string of the molecule is CC(=O)NCC(=O)N[C@@H](Cc1ccccc1)C(=O)N1CCC[C@H]1C(N)=O. The first-order valence-electron chi connectivity index (χ1n) is 8.56. The molecular weight excluding hydrogens is 336 g/mol. The minimum Gasteiger partial charge on any atom is -0.368 e. The third-order valence-electron chi connectivity index (χ3n) is 4.28. The third kappa shape index (κ3) is 5.30. The molecule has 140 valence electrons. The molecule has 0 aliphatic carbocycles. The van der Waals surface area contributed by atoms with E-state index in [4.69, 9.17) is 5.73 Å². The number of nitrogens with two attached hydrogens (primary N) is 1. The highest BCUT2D eigenvalue weighted by Gasteiger charge is 2.36. The molecule has 0 radical (unpaired) electrons. The Kier molecular flexibility index (Phi) is 6.71. The molecule has 8 nitrogen and oxygen atoms in total. The Morgan fingerprint density at radius 3 is 2.54 bits per heavy atom. The number of primary amides is 1. The van der Waals surface area contributed by atoms with Crippen molar-refractivity contribution in [1.82, 2.24) is 15.5 Å². The van der Waals surface area contributed by atoms with E-state index in [1.54, 1.807) is 0 Å². The van der Waals surface area contributed by atoms with Gasteiger partial charge in [-0.15, -0.1) is 0 Å². The molecule has 1 saturated heterocycles. The molecule has 0 spiro atoms. The van der Waals surface area contributed by atoms with Gasteiger partial charge < -0.3 is 21.3 Å². The van der Waals surface area contributed by atoms with Crippen LogP contribution in [0.15, 0.2) is 30.3 Å². The Morgan fingerprint density at radius 2 is 1.92 bits per heavy atom. The van der Waals surface area contributed by atoms with Crippen molar-refractivity contribution in [3.8, 4) is 0 Å². The van der Waals surface area contributed by atoms with Crippen LogP contribution in [0.25, 0.3) is 0 Å². The average Bonchev–Trinajstić information content (AvgIpc) is 3.09. The summed E-state index contributed by atoms with van der Waals surface area (Å²) in [4.78, 5) is 49.0. The van der Waals surface area contributed by atoms with E-state index in [1.807, 2.05) is 30.3 Å². The topological polar surface area (TPSA) is 122 Å². The van der Waals surface area contributed by atoms with Crippen LogP contribution < -0.4 is 16.4 Å². The summed E-state index contributed by atoms with van der Waals surface area (Å²) in [6.45, 7) is 1.52. The minimum absolute atomic E-state index is 0.215. The van der Waals surface area contributed by atoms with Gasteiger partial charge in [0.1, 0.15) is 12.1 Å². The minimum atomic E-state index is -0.835. The first-order chi connectivity index (χ1) is 12.4. The molecule has 1 heterocycles. The van der Waals surface area contributed by atoms with Crippen molar-refractivity contribution in [3.05, 3.63) is 35.9 Å². The highest BCUT2D eigenvalue weighted by atomic mass is 16.2. The van der Waals surface area contributed by atoms with Gasteiger partial charge in [0, 0.05) is 19.9 Å². The second kappa shape index (κ2) is 8.98. The van der Waals surface area contributed by atoms with Gasteiger partial charge in [0.05, 0.1) is 6.54 Å². The van der Waals surface area contributed by atoms with E-state index < -0.39 is 23.9 Å². The fraction of sp³-hybridized carbons (Fsp3) is 0.444. The van der Waals surface area contributed by atoms with E-state index in [1.165, 1.54) is 11.8 Å². The van der Waals surface area contributed by atoms with Gasteiger partial charge in [0.15, 0.2) is 0 Å². The summed E-state index contributed by atoms with van der Waals surface area (Å²) in [6, 6.07) is 7.78. The number of amides is 4. The molecule has 1 aromatic carbocycles. The van der Waals surface area contributed by atoms with E-state index >= 15 is 0 Å². The summed E-state index contributed by atoms with van der Waals surface area (Å²) in [5.41, 5.74) is 6.27. The summed E-state index contributed by atoms with van der Waals surface area (Å²) in [5.74, 6) is -1.69. The molecule has 1 aliphatic rings. The molecular formula is C18H24N4O4. The average molecular weight is 360 g/mol. The number of rotatable bonds is 7. The lowest BCUT2D eigenvalue weighted by Gasteiger charge is -2.28. The zero-order chi connectivity index (χ0) is 19.1. The maximum absolute atomic E-state index is 13.0.